The van der Waals surface area contributed by atoms with Gasteiger partial charge in [0.1, 0.15) is 0 Å². The second-order valence-corrected chi connectivity index (χ2v) is 22.6. The summed E-state index contributed by atoms with van der Waals surface area (Å²) < 4.78 is 2.25. The van der Waals surface area contributed by atoms with Gasteiger partial charge in [0, 0.05) is 56.0 Å². The van der Waals surface area contributed by atoms with Gasteiger partial charge in [0.2, 0.25) is 0 Å². The minimum Gasteiger partial charge on any atom is -0.311 e. The van der Waals surface area contributed by atoms with E-state index in [0.29, 0.717) is 22.3 Å². The Hall–Kier alpha value is -12.2. The molecule has 0 saturated heterocycles. The lowest BCUT2D eigenvalue weighted by Crippen LogP contribution is -2.61. The summed E-state index contributed by atoms with van der Waals surface area (Å²) >= 11 is 0. The largest absolute Gasteiger partial charge is 0.311 e. The van der Waals surface area contributed by atoms with Crippen molar-refractivity contribution >= 4 is 79.0 Å². The van der Waals surface area contributed by atoms with E-state index >= 15 is 0 Å². The molecule has 2 aliphatic rings. The first-order chi connectivity index (χ1) is 43.5. The van der Waals surface area contributed by atoms with Gasteiger partial charge in [-0.1, -0.05) is 188 Å². The molecule has 88 heavy (non-hydrogen) atoms. The van der Waals surface area contributed by atoms with Crippen LogP contribution in [0.1, 0.15) is 16.7 Å². The van der Waals surface area contributed by atoms with Gasteiger partial charge in [-0.2, -0.15) is 15.8 Å². The van der Waals surface area contributed by atoms with E-state index < -0.39 is 0 Å². The molecular weight excluding hydrogens is 1070 g/mol. The van der Waals surface area contributed by atoms with Crippen molar-refractivity contribution in [2.24, 2.45) is 0 Å². The van der Waals surface area contributed by atoms with Crippen LogP contribution in [0.25, 0.3) is 94.3 Å². The van der Waals surface area contributed by atoms with E-state index in [0.717, 1.165) is 123 Å². The minimum absolute atomic E-state index is 0.115. The first-order valence-electron chi connectivity index (χ1n) is 29.5. The Bertz CT molecular complexity index is 4950. The first-order valence-corrected chi connectivity index (χ1v) is 29.5. The fourth-order valence-corrected chi connectivity index (χ4v) is 13.7. The molecule has 2 aliphatic heterocycles. The maximum Gasteiger partial charge on any atom is 0.252 e. The summed E-state index contributed by atoms with van der Waals surface area (Å²) in [6, 6.07) is 113. The van der Waals surface area contributed by atoms with Crippen molar-refractivity contribution in [3.63, 3.8) is 0 Å². The van der Waals surface area contributed by atoms with Crippen LogP contribution < -0.4 is 26.2 Å². The second kappa shape index (κ2) is 21.1. The fourth-order valence-electron chi connectivity index (χ4n) is 13.7. The predicted molar refractivity (Wildman–Crippen MR) is 362 cm³/mol. The SMILES string of the molecule is N#Cc1ccc(-c2cc(C#N)ccc2-n2c3ccccc3c3cc(-c4cc5c6c(c4)N(c4cc(-c7ccccc7)cc(-c7ccccc7)c4)c4ccccc4B6c4ccccc4N5c4cc(-c5ccccc5)cc(-c5ccccc5)c4)ccc32)c(C#N)c1. The fraction of sp³-hybridized carbons (Fsp3) is 0. The molecule has 406 valence electrons. The van der Waals surface area contributed by atoms with Crippen molar-refractivity contribution in [1.29, 1.82) is 15.8 Å². The van der Waals surface area contributed by atoms with Crippen LogP contribution in [0, 0.1) is 34.0 Å². The summed E-state index contributed by atoms with van der Waals surface area (Å²) in [5, 5.41) is 32.7. The third-order valence-electron chi connectivity index (χ3n) is 17.6. The molecule has 0 N–H and O–H groups in total. The molecule has 0 bridgehead atoms. The van der Waals surface area contributed by atoms with Crippen LogP contribution in [0.15, 0.2) is 297 Å². The summed E-state index contributed by atoms with van der Waals surface area (Å²) in [7, 11) is 0. The van der Waals surface area contributed by atoms with Gasteiger partial charge in [0.05, 0.1) is 51.6 Å². The molecule has 7 heteroatoms. The van der Waals surface area contributed by atoms with E-state index in [-0.39, 0.29) is 6.71 Å². The summed E-state index contributed by atoms with van der Waals surface area (Å²) in [4.78, 5) is 5.04. The van der Waals surface area contributed by atoms with E-state index in [1.807, 2.05) is 24.3 Å². The number of rotatable bonds is 9. The maximum absolute atomic E-state index is 10.5. The molecule has 0 fully saturated rings. The van der Waals surface area contributed by atoms with Gasteiger partial charge < -0.3 is 14.4 Å². The average Bonchev–Trinajstić information content (AvgIpc) is 0.847. The topological polar surface area (TPSA) is 82.8 Å². The number of anilines is 6. The van der Waals surface area contributed by atoms with Gasteiger partial charge in [-0.15, -0.1) is 0 Å². The molecular formula is C81H49BN6. The Morgan fingerprint density at radius 2 is 0.716 bits per heavy atom. The Balaban J connectivity index is 0.986. The molecule has 0 amide bonds. The average molecular weight is 1120 g/mol. The lowest BCUT2D eigenvalue weighted by atomic mass is 9.33. The Labute approximate surface area is 510 Å². The molecule has 0 spiro atoms. The van der Waals surface area contributed by atoms with Crippen molar-refractivity contribution in [2.45, 2.75) is 0 Å². The number of aromatic nitrogens is 1. The number of fused-ring (bicyclic) bond motifs is 7. The molecule has 1 aromatic heterocycles. The van der Waals surface area contributed by atoms with Crippen LogP contribution in [0.4, 0.5) is 34.1 Å². The first kappa shape index (κ1) is 51.4. The highest BCUT2D eigenvalue weighted by molar-refractivity contribution is 7.00. The smallest absolute Gasteiger partial charge is 0.252 e. The number of nitrogens with zero attached hydrogens (tertiary/aromatic N) is 6. The number of hydrogen-bond acceptors (Lipinski definition) is 5. The monoisotopic (exact) mass is 1120 g/mol. The molecule has 0 atom stereocenters. The molecule has 0 radical (unpaired) electrons. The van der Waals surface area contributed by atoms with Crippen molar-refractivity contribution in [3.8, 4) is 90.7 Å². The standard InChI is InChI=1S/C81H49BN6/c83-50-53-33-36-68(65(39-53)52-85)70-40-54(51-84)34-37-75(70)88-74-30-16-13-27-69(74)71-47-59(35-38-76(71)88)64-48-79-81-80(49-64)87(67-45-62(57-23-9-3-10-24-57)42-63(46-67)58-25-11-4-12-26-58)78-32-18-15-29-73(78)82(81)72-28-14-17-31-77(72)86(79)66-43-60(55-19-5-1-6-20-55)41-61(44-66)56-21-7-2-8-22-56/h1-49H. The molecule has 0 saturated carbocycles. The summed E-state index contributed by atoms with van der Waals surface area (Å²) in [6.07, 6.45) is 0. The van der Waals surface area contributed by atoms with Gasteiger partial charge in [0.15, 0.2) is 0 Å². The molecule has 16 rings (SSSR count). The third kappa shape index (κ3) is 8.56. The van der Waals surface area contributed by atoms with Crippen molar-refractivity contribution in [1.82, 2.24) is 4.57 Å². The molecule has 13 aromatic carbocycles. The van der Waals surface area contributed by atoms with Gasteiger partial charge in [-0.3, -0.25) is 0 Å². The molecule has 0 aliphatic carbocycles. The number of para-hydroxylation sites is 3. The van der Waals surface area contributed by atoms with Gasteiger partial charge in [-0.25, -0.2) is 0 Å². The van der Waals surface area contributed by atoms with E-state index in [4.69, 9.17) is 0 Å². The number of nitriles is 3. The molecule has 14 aromatic rings. The van der Waals surface area contributed by atoms with Crippen LogP contribution in [-0.2, 0) is 0 Å². The zero-order chi connectivity index (χ0) is 58.8. The Morgan fingerprint density at radius 1 is 0.273 bits per heavy atom. The zero-order valence-corrected chi connectivity index (χ0v) is 47.6. The Kier molecular flexibility index (Phi) is 12.4. The second-order valence-electron chi connectivity index (χ2n) is 22.6. The number of hydrogen-bond donors (Lipinski definition) is 0. The summed E-state index contributed by atoms with van der Waals surface area (Å²) in [6.45, 7) is -0.115. The van der Waals surface area contributed by atoms with Crippen LogP contribution in [0.5, 0.6) is 0 Å². The van der Waals surface area contributed by atoms with Gasteiger partial charge >= 0.3 is 0 Å². The lowest BCUT2D eigenvalue weighted by molar-refractivity contribution is 1.18. The van der Waals surface area contributed by atoms with Crippen molar-refractivity contribution in [3.05, 3.63) is 314 Å². The normalized spacial score (nSPS) is 12.0. The van der Waals surface area contributed by atoms with Crippen molar-refractivity contribution < 1.29 is 0 Å². The molecule has 3 heterocycles. The maximum atomic E-state index is 10.5. The van der Waals surface area contributed by atoms with E-state index in [9.17, 15) is 15.8 Å². The van der Waals surface area contributed by atoms with E-state index in [1.165, 1.54) is 16.4 Å². The van der Waals surface area contributed by atoms with Gasteiger partial charge in [-0.05, 0) is 181 Å². The highest BCUT2D eigenvalue weighted by Crippen LogP contribution is 2.49. The van der Waals surface area contributed by atoms with Crippen LogP contribution in [0.3, 0.4) is 0 Å². The Morgan fingerprint density at radius 3 is 1.23 bits per heavy atom. The lowest BCUT2D eigenvalue weighted by Gasteiger charge is -2.44. The summed E-state index contributed by atoms with van der Waals surface area (Å²) in [5.74, 6) is 0. The van der Waals surface area contributed by atoms with Crippen molar-refractivity contribution in [2.75, 3.05) is 9.80 Å². The van der Waals surface area contributed by atoms with E-state index in [1.54, 1.807) is 12.1 Å². The molecule has 6 nitrogen and oxygen atoms in total. The zero-order valence-electron chi connectivity index (χ0n) is 47.6. The summed E-state index contributed by atoms with van der Waals surface area (Å²) in [5.41, 5.74) is 26.6. The highest BCUT2D eigenvalue weighted by Gasteiger charge is 2.44. The predicted octanol–water partition coefficient (Wildman–Crippen LogP) is 18.5. The van der Waals surface area contributed by atoms with Crippen LogP contribution in [0.2, 0.25) is 0 Å². The van der Waals surface area contributed by atoms with Crippen LogP contribution >= 0.6 is 0 Å². The molecule has 0 unspecified atom stereocenters. The highest BCUT2D eigenvalue weighted by atomic mass is 15.2. The number of benzene rings is 13. The van der Waals surface area contributed by atoms with Crippen LogP contribution in [-0.4, -0.2) is 11.3 Å². The minimum atomic E-state index is -0.115. The quantitative estimate of drug-likeness (QED) is 0.135. The van der Waals surface area contributed by atoms with E-state index in [2.05, 4.69) is 293 Å². The van der Waals surface area contributed by atoms with Gasteiger partial charge in [0.25, 0.3) is 6.71 Å². The third-order valence-corrected chi connectivity index (χ3v) is 17.6.